The number of anilines is 2. The molecule has 1 heterocycles. The predicted octanol–water partition coefficient (Wildman–Crippen LogP) is 2.32. The summed E-state index contributed by atoms with van der Waals surface area (Å²) < 4.78 is 0. The molecule has 1 aromatic heterocycles. The number of nitrogen functional groups attached to an aromatic ring is 1. The first-order chi connectivity index (χ1) is 10.1. The first-order valence-electron chi connectivity index (χ1n) is 6.38. The van der Waals surface area contributed by atoms with Crippen molar-refractivity contribution in [3.63, 3.8) is 0 Å². The number of carbonyl (C=O) groups excluding carboxylic acids is 1. The van der Waals surface area contributed by atoms with Crippen LogP contribution < -0.4 is 16.6 Å². The molecule has 7 heteroatoms. The third kappa shape index (κ3) is 4.73. The summed E-state index contributed by atoms with van der Waals surface area (Å²) in [6, 6.07) is 9.43. The first-order valence-corrected chi connectivity index (χ1v) is 7.37. The van der Waals surface area contributed by atoms with E-state index in [9.17, 15) is 4.79 Å². The number of nitrogens with one attached hydrogen (secondary N) is 2. The summed E-state index contributed by atoms with van der Waals surface area (Å²) in [6.07, 6.45) is 0. The number of nitrogens with zero attached hydrogens (tertiary/aromatic N) is 2. The molecule has 0 bridgehead atoms. The highest BCUT2D eigenvalue weighted by molar-refractivity contribution is 7.98. The van der Waals surface area contributed by atoms with E-state index in [-0.39, 0.29) is 5.91 Å². The summed E-state index contributed by atoms with van der Waals surface area (Å²) in [5.74, 6) is 7.27. The van der Waals surface area contributed by atoms with Crippen molar-refractivity contribution in [2.24, 2.45) is 5.84 Å². The van der Waals surface area contributed by atoms with Gasteiger partial charge in [0.25, 0.3) is 0 Å². The van der Waals surface area contributed by atoms with Gasteiger partial charge in [-0.05, 0) is 31.2 Å². The fourth-order valence-corrected chi connectivity index (χ4v) is 2.51. The van der Waals surface area contributed by atoms with Crippen LogP contribution in [0.1, 0.15) is 18.4 Å². The van der Waals surface area contributed by atoms with E-state index in [0.717, 1.165) is 22.1 Å². The van der Waals surface area contributed by atoms with Crippen LogP contribution in [-0.2, 0) is 10.5 Å². The van der Waals surface area contributed by atoms with E-state index in [1.807, 2.05) is 31.2 Å². The minimum atomic E-state index is -0.0784. The Labute approximate surface area is 127 Å². The third-order valence-corrected chi connectivity index (χ3v) is 3.60. The highest BCUT2D eigenvalue weighted by Crippen LogP contribution is 2.23. The minimum Gasteiger partial charge on any atom is -0.326 e. The molecule has 2 aromatic rings. The summed E-state index contributed by atoms with van der Waals surface area (Å²) in [5, 5.41) is 2.73. The van der Waals surface area contributed by atoms with Gasteiger partial charge in [-0.1, -0.05) is 0 Å². The van der Waals surface area contributed by atoms with Gasteiger partial charge in [0, 0.05) is 29.3 Å². The van der Waals surface area contributed by atoms with Crippen LogP contribution in [0, 0.1) is 6.92 Å². The molecule has 0 aliphatic rings. The number of carbonyl (C=O) groups is 1. The monoisotopic (exact) mass is 303 g/mol. The lowest BCUT2D eigenvalue weighted by atomic mass is 10.3. The van der Waals surface area contributed by atoms with Gasteiger partial charge in [0.2, 0.25) is 5.91 Å². The Morgan fingerprint density at radius 3 is 2.62 bits per heavy atom. The zero-order chi connectivity index (χ0) is 15.2. The van der Waals surface area contributed by atoms with Crippen molar-refractivity contribution in [2.45, 2.75) is 24.5 Å². The number of thioether (sulfide) groups is 1. The van der Waals surface area contributed by atoms with Crippen molar-refractivity contribution >= 4 is 29.2 Å². The van der Waals surface area contributed by atoms with E-state index < -0.39 is 0 Å². The van der Waals surface area contributed by atoms with E-state index >= 15 is 0 Å². The summed E-state index contributed by atoms with van der Waals surface area (Å²) >= 11 is 1.62. The lowest BCUT2D eigenvalue weighted by molar-refractivity contribution is -0.114. The summed E-state index contributed by atoms with van der Waals surface area (Å²) in [5.41, 5.74) is 4.19. The number of benzene rings is 1. The maximum atomic E-state index is 11.0. The Morgan fingerprint density at radius 2 is 2.00 bits per heavy atom. The molecule has 0 radical (unpaired) electrons. The number of hydrogen-bond acceptors (Lipinski definition) is 6. The van der Waals surface area contributed by atoms with Crippen LogP contribution in [-0.4, -0.2) is 15.9 Å². The SMILES string of the molecule is CC(=O)Nc1ccc(SCc2nc(C)cc(NN)n2)cc1. The molecule has 110 valence electrons. The molecule has 21 heavy (non-hydrogen) atoms. The van der Waals surface area contributed by atoms with Gasteiger partial charge in [-0.2, -0.15) is 0 Å². The van der Waals surface area contributed by atoms with E-state index in [4.69, 9.17) is 5.84 Å². The maximum absolute atomic E-state index is 11.0. The Kier molecular flexibility index (Phi) is 5.13. The number of hydrazine groups is 1. The number of aromatic nitrogens is 2. The molecular weight excluding hydrogens is 286 g/mol. The molecule has 0 spiro atoms. The average molecular weight is 303 g/mol. The Bertz CT molecular complexity index is 630. The molecule has 0 aliphatic heterocycles. The second-order valence-electron chi connectivity index (χ2n) is 4.45. The molecule has 0 saturated carbocycles. The van der Waals surface area contributed by atoms with Crippen LogP contribution in [0.15, 0.2) is 35.2 Å². The largest absolute Gasteiger partial charge is 0.326 e. The first kappa shape index (κ1) is 15.3. The molecular formula is C14H17N5OS. The Balaban J connectivity index is 1.99. The predicted molar refractivity (Wildman–Crippen MR) is 84.9 cm³/mol. The zero-order valence-electron chi connectivity index (χ0n) is 11.9. The summed E-state index contributed by atoms with van der Waals surface area (Å²) in [4.78, 5) is 20.7. The van der Waals surface area contributed by atoms with Crippen LogP contribution in [0.3, 0.4) is 0 Å². The zero-order valence-corrected chi connectivity index (χ0v) is 12.7. The second-order valence-corrected chi connectivity index (χ2v) is 5.50. The van der Waals surface area contributed by atoms with Crippen LogP contribution >= 0.6 is 11.8 Å². The number of aryl methyl sites for hydroxylation is 1. The fourth-order valence-electron chi connectivity index (χ4n) is 1.75. The number of rotatable bonds is 5. The van der Waals surface area contributed by atoms with Crippen molar-refractivity contribution < 1.29 is 4.79 Å². The van der Waals surface area contributed by atoms with E-state index in [0.29, 0.717) is 11.6 Å². The number of amides is 1. The molecule has 0 saturated heterocycles. The molecule has 0 aliphatic carbocycles. The number of nitrogens with two attached hydrogens (primary N) is 1. The minimum absolute atomic E-state index is 0.0784. The van der Waals surface area contributed by atoms with E-state index in [2.05, 4.69) is 20.7 Å². The molecule has 6 nitrogen and oxygen atoms in total. The quantitative estimate of drug-likeness (QED) is 0.446. The average Bonchev–Trinajstić information content (AvgIpc) is 2.45. The van der Waals surface area contributed by atoms with Crippen molar-refractivity contribution in [1.82, 2.24) is 9.97 Å². The lowest BCUT2D eigenvalue weighted by Crippen LogP contribution is -2.10. The third-order valence-electron chi connectivity index (χ3n) is 2.59. The van der Waals surface area contributed by atoms with Crippen LogP contribution in [0.4, 0.5) is 11.5 Å². The lowest BCUT2D eigenvalue weighted by Gasteiger charge is -2.06. The summed E-state index contributed by atoms with van der Waals surface area (Å²) in [7, 11) is 0. The summed E-state index contributed by atoms with van der Waals surface area (Å²) in [6.45, 7) is 3.39. The van der Waals surface area contributed by atoms with E-state index in [1.54, 1.807) is 17.8 Å². The molecule has 0 unspecified atom stereocenters. The molecule has 1 aromatic carbocycles. The van der Waals surface area contributed by atoms with Crippen molar-refractivity contribution in [2.75, 3.05) is 10.7 Å². The van der Waals surface area contributed by atoms with Gasteiger partial charge >= 0.3 is 0 Å². The molecule has 2 rings (SSSR count). The maximum Gasteiger partial charge on any atom is 0.221 e. The molecule has 4 N–H and O–H groups in total. The van der Waals surface area contributed by atoms with Gasteiger partial charge in [-0.3, -0.25) is 4.79 Å². The van der Waals surface area contributed by atoms with Crippen molar-refractivity contribution in [1.29, 1.82) is 0 Å². The number of hydrogen-bond donors (Lipinski definition) is 3. The highest BCUT2D eigenvalue weighted by atomic mass is 32.2. The van der Waals surface area contributed by atoms with Gasteiger partial charge in [0.1, 0.15) is 11.6 Å². The smallest absolute Gasteiger partial charge is 0.221 e. The van der Waals surface area contributed by atoms with Gasteiger partial charge in [-0.25, -0.2) is 15.8 Å². The van der Waals surface area contributed by atoms with Gasteiger partial charge in [-0.15, -0.1) is 11.8 Å². The van der Waals surface area contributed by atoms with Crippen molar-refractivity contribution in [3.8, 4) is 0 Å². The molecule has 1 amide bonds. The highest BCUT2D eigenvalue weighted by Gasteiger charge is 2.03. The second kappa shape index (κ2) is 7.05. The van der Waals surface area contributed by atoms with Crippen molar-refractivity contribution in [3.05, 3.63) is 41.9 Å². The Morgan fingerprint density at radius 1 is 1.29 bits per heavy atom. The van der Waals surface area contributed by atoms with Gasteiger partial charge in [0.15, 0.2) is 0 Å². The molecule has 0 atom stereocenters. The van der Waals surface area contributed by atoms with Gasteiger partial charge < -0.3 is 10.7 Å². The molecule has 0 fully saturated rings. The fraction of sp³-hybridized carbons (Fsp3) is 0.214. The normalized spacial score (nSPS) is 10.2. The van der Waals surface area contributed by atoms with E-state index in [1.165, 1.54) is 6.92 Å². The topological polar surface area (TPSA) is 92.9 Å². The van der Waals surface area contributed by atoms with Gasteiger partial charge in [0.05, 0.1) is 5.75 Å². The Hall–Kier alpha value is -2.12. The van der Waals surface area contributed by atoms with Crippen LogP contribution in [0.2, 0.25) is 0 Å². The van der Waals surface area contributed by atoms with Crippen LogP contribution in [0.5, 0.6) is 0 Å². The van der Waals surface area contributed by atoms with Crippen LogP contribution in [0.25, 0.3) is 0 Å². The standard InChI is InChI=1S/C14H17N5OS/c1-9-7-13(19-15)18-14(16-9)8-21-12-5-3-11(4-6-12)17-10(2)20/h3-7H,8,15H2,1-2H3,(H,17,20)(H,16,18,19).